The average Bonchev–Trinajstić information content (AvgIpc) is 2.10. The zero-order valence-electron chi connectivity index (χ0n) is 8.64. The zero-order chi connectivity index (χ0) is 10.3. The molecule has 1 N–H and O–H groups in total. The van der Waals surface area contributed by atoms with Gasteiger partial charge in [0.2, 0.25) is 0 Å². The van der Waals surface area contributed by atoms with E-state index in [9.17, 15) is 4.79 Å². The predicted molar refractivity (Wildman–Crippen MR) is 58.8 cm³/mol. The zero-order valence-corrected chi connectivity index (χ0v) is 8.64. The molecule has 2 aromatic rings. The fourth-order valence-electron chi connectivity index (χ4n) is 1.75. The molecule has 0 amide bonds. The highest BCUT2D eigenvalue weighted by Gasteiger charge is 2.04. The lowest BCUT2D eigenvalue weighted by atomic mass is 10.0. The van der Waals surface area contributed by atoms with Gasteiger partial charge in [-0.1, -0.05) is 6.07 Å². The summed E-state index contributed by atoms with van der Waals surface area (Å²) >= 11 is 0. The predicted octanol–water partition coefficient (Wildman–Crippen LogP) is 2.45. The number of benzene rings is 1. The van der Waals surface area contributed by atoms with Crippen molar-refractivity contribution in [1.82, 2.24) is 4.98 Å². The molecule has 72 valence electrons. The fourth-order valence-corrected chi connectivity index (χ4v) is 1.75. The maximum absolute atomic E-state index is 11.8. The van der Waals surface area contributed by atoms with E-state index in [0.717, 1.165) is 27.7 Å². The van der Waals surface area contributed by atoms with Crippen molar-refractivity contribution in [2.45, 2.75) is 20.8 Å². The molecule has 0 saturated carbocycles. The van der Waals surface area contributed by atoms with Gasteiger partial charge in [0.25, 0.3) is 0 Å². The highest BCUT2D eigenvalue weighted by molar-refractivity contribution is 5.83. The second-order valence-corrected chi connectivity index (χ2v) is 3.75. The van der Waals surface area contributed by atoms with E-state index in [2.05, 4.69) is 4.98 Å². The summed E-state index contributed by atoms with van der Waals surface area (Å²) in [5, 5.41) is 0.815. The Bertz CT molecular complexity index is 552. The Morgan fingerprint density at radius 3 is 2.57 bits per heavy atom. The number of hydrogen-bond donors (Lipinski definition) is 1. The van der Waals surface area contributed by atoms with Gasteiger partial charge in [-0.3, -0.25) is 4.79 Å². The number of aryl methyl sites for hydroxylation is 3. The standard InChI is InChI=1S/C12H13NO/c1-7-4-5-10-12(9(7)3)11(14)6-8(2)13-10/h4-6H,1-3H3,(H,13,14). The molecule has 1 aromatic carbocycles. The van der Waals surface area contributed by atoms with Crippen LogP contribution >= 0.6 is 0 Å². The average molecular weight is 187 g/mol. The van der Waals surface area contributed by atoms with Crippen molar-refractivity contribution >= 4 is 10.9 Å². The van der Waals surface area contributed by atoms with Crippen LogP contribution in [0, 0.1) is 20.8 Å². The van der Waals surface area contributed by atoms with E-state index in [1.807, 2.05) is 32.9 Å². The lowest BCUT2D eigenvalue weighted by Gasteiger charge is -2.05. The molecule has 1 aromatic heterocycles. The Hall–Kier alpha value is -1.57. The number of aromatic nitrogens is 1. The molecule has 14 heavy (non-hydrogen) atoms. The molecule has 0 bridgehead atoms. The number of rotatable bonds is 0. The van der Waals surface area contributed by atoms with Crippen molar-refractivity contribution in [1.29, 1.82) is 0 Å². The summed E-state index contributed by atoms with van der Waals surface area (Å²) in [7, 11) is 0. The van der Waals surface area contributed by atoms with Crippen molar-refractivity contribution in [2.24, 2.45) is 0 Å². The molecule has 0 aliphatic heterocycles. The normalized spacial score (nSPS) is 10.8. The Morgan fingerprint density at radius 2 is 1.86 bits per heavy atom. The van der Waals surface area contributed by atoms with E-state index < -0.39 is 0 Å². The lowest BCUT2D eigenvalue weighted by molar-refractivity contribution is 1.23. The molecule has 0 unspecified atom stereocenters. The van der Waals surface area contributed by atoms with E-state index >= 15 is 0 Å². The fraction of sp³-hybridized carbons (Fsp3) is 0.250. The van der Waals surface area contributed by atoms with Crippen LogP contribution in [-0.4, -0.2) is 4.98 Å². The molecule has 0 aliphatic carbocycles. The number of hydrogen-bond acceptors (Lipinski definition) is 1. The number of nitrogens with one attached hydrogen (secondary N) is 1. The molecule has 2 rings (SSSR count). The van der Waals surface area contributed by atoms with Gasteiger partial charge in [-0.05, 0) is 38.0 Å². The van der Waals surface area contributed by atoms with E-state index in [1.165, 1.54) is 0 Å². The van der Waals surface area contributed by atoms with Crippen LogP contribution in [0.4, 0.5) is 0 Å². The second-order valence-electron chi connectivity index (χ2n) is 3.75. The van der Waals surface area contributed by atoms with Gasteiger partial charge in [-0.2, -0.15) is 0 Å². The first-order chi connectivity index (χ1) is 6.59. The molecule has 2 nitrogen and oxygen atoms in total. The van der Waals surface area contributed by atoms with Gasteiger partial charge in [0.05, 0.1) is 0 Å². The van der Waals surface area contributed by atoms with E-state index in [4.69, 9.17) is 0 Å². The number of aromatic amines is 1. The second kappa shape index (κ2) is 2.98. The molecule has 0 saturated heterocycles. The molecule has 1 heterocycles. The molecular weight excluding hydrogens is 174 g/mol. The molecule has 0 spiro atoms. The SMILES string of the molecule is Cc1cc(=O)c2c(C)c(C)ccc2[nH]1. The van der Waals surface area contributed by atoms with Crippen LogP contribution in [0.1, 0.15) is 16.8 Å². The third kappa shape index (κ3) is 1.23. The van der Waals surface area contributed by atoms with Crippen LogP contribution in [-0.2, 0) is 0 Å². The molecule has 0 atom stereocenters. The van der Waals surface area contributed by atoms with E-state index in [0.29, 0.717) is 0 Å². The molecule has 0 aliphatic rings. The van der Waals surface area contributed by atoms with E-state index in [1.54, 1.807) is 6.07 Å². The number of H-pyrrole nitrogens is 1. The van der Waals surface area contributed by atoms with Crippen LogP contribution in [0.15, 0.2) is 23.0 Å². The van der Waals surface area contributed by atoms with Crippen LogP contribution in [0.5, 0.6) is 0 Å². The molecule has 0 fully saturated rings. The summed E-state index contributed by atoms with van der Waals surface area (Å²) in [6.07, 6.45) is 0. The summed E-state index contributed by atoms with van der Waals surface area (Å²) in [6.45, 7) is 5.91. The third-order valence-corrected chi connectivity index (χ3v) is 2.66. The summed E-state index contributed by atoms with van der Waals surface area (Å²) < 4.78 is 0. The lowest BCUT2D eigenvalue weighted by Crippen LogP contribution is -2.05. The number of fused-ring (bicyclic) bond motifs is 1. The van der Waals surface area contributed by atoms with Crippen molar-refractivity contribution in [2.75, 3.05) is 0 Å². The topological polar surface area (TPSA) is 32.9 Å². The first-order valence-corrected chi connectivity index (χ1v) is 4.69. The minimum Gasteiger partial charge on any atom is -0.358 e. The largest absolute Gasteiger partial charge is 0.358 e. The van der Waals surface area contributed by atoms with Crippen LogP contribution in [0.3, 0.4) is 0 Å². The molecule has 2 heteroatoms. The van der Waals surface area contributed by atoms with Crippen LogP contribution in [0.2, 0.25) is 0 Å². The molecular formula is C12H13NO. The summed E-state index contributed by atoms with van der Waals surface area (Å²) in [5.41, 5.74) is 4.18. The van der Waals surface area contributed by atoms with Gasteiger partial charge in [0, 0.05) is 22.7 Å². The van der Waals surface area contributed by atoms with Gasteiger partial charge in [-0.15, -0.1) is 0 Å². The Balaban J connectivity index is 3.03. The highest BCUT2D eigenvalue weighted by Crippen LogP contribution is 2.16. The minimum absolute atomic E-state index is 0.109. The Kier molecular flexibility index (Phi) is 1.92. The van der Waals surface area contributed by atoms with E-state index in [-0.39, 0.29) is 5.43 Å². The van der Waals surface area contributed by atoms with Gasteiger partial charge >= 0.3 is 0 Å². The van der Waals surface area contributed by atoms with Crippen LogP contribution in [0.25, 0.3) is 10.9 Å². The first-order valence-electron chi connectivity index (χ1n) is 4.69. The summed E-state index contributed by atoms with van der Waals surface area (Å²) in [5.74, 6) is 0. The highest BCUT2D eigenvalue weighted by atomic mass is 16.1. The quantitative estimate of drug-likeness (QED) is 0.675. The van der Waals surface area contributed by atoms with Crippen LogP contribution < -0.4 is 5.43 Å². The van der Waals surface area contributed by atoms with Crippen molar-refractivity contribution in [3.05, 3.63) is 45.2 Å². The van der Waals surface area contributed by atoms with Crippen molar-refractivity contribution in [3.8, 4) is 0 Å². The maximum atomic E-state index is 11.8. The smallest absolute Gasteiger partial charge is 0.189 e. The van der Waals surface area contributed by atoms with Gasteiger partial charge in [0.1, 0.15) is 0 Å². The molecule has 0 radical (unpaired) electrons. The maximum Gasteiger partial charge on any atom is 0.189 e. The number of pyridine rings is 1. The van der Waals surface area contributed by atoms with Crippen molar-refractivity contribution in [3.63, 3.8) is 0 Å². The summed E-state index contributed by atoms with van der Waals surface area (Å²) in [6, 6.07) is 5.65. The monoisotopic (exact) mass is 187 g/mol. The Morgan fingerprint density at radius 1 is 1.14 bits per heavy atom. The first kappa shape index (κ1) is 9.00. The van der Waals surface area contributed by atoms with Crippen molar-refractivity contribution < 1.29 is 0 Å². The van der Waals surface area contributed by atoms with Gasteiger partial charge in [0.15, 0.2) is 5.43 Å². The Labute approximate surface area is 82.6 Å². The summed E-state index contributed by atoms with van der Waals surface area (Å²) in [4.78, 5) is 15.0. The van der Waals surface area contributed by atoms with Gasteiger partial charge < -0.3 is 4.98 Å². The third-order valence-electron chi connectivity index (χ3n) is 2.66. The minimum atomic E-state index is 0.109. The van der Waals surface area contributed by atoms with Gasteiger partial charge in [-0.25, -0.2) is 0 Å².